The van der Waals surface area contributed by atoms with Crippen LogP contribution in [0.5, 0.6) is 0 Å². The lowest BCUT2D eigenvalue weighted by Gasteiger charge is -2.32. The molecule has 1 aromatic rings. The topological polar surface area (TPSA) is 41.1 Å². The van der Waals surface area contributed by atoms with Crippen LogP contribution in [-0.2, 0) is 0 Å². The van der Waals surface area contributed by atoms with E-state index in [9.17, 15) is 4.79 Å². The fourth-order valence-electron chi connectivity index (χ4n) is 3.13. The Hall–Kier alpha value is -1.51. The first-order valence-electron chi connectivity index (χ1n) is 8.16. The van der Waals surface area contributed by atoms with Crippen molar-refractivity contribution in [2.24, 2.45) is 11.8 Å². The minimum atomic E-state index is 0.0569. The van der Waals surface area contributed by atoms with Crippen molar-refractivity contribution in [1.29, 1.82) is 0 Å². The largest absolute Gasteiger partial charge is 0.385 e. The van der Waals surface area contributed by atoms with Crippen molar-refractivity contribution in [3.05, 3.63) is 29.3 Å². The number of carbonyl (C=O) groups is 1. The molecule has 1 fully saturated rings. The second-order valence-electron chi connectivity index (χ2n) is 6.52. The molecule has 21 heavy (non-hydrogen) atoms. The average Bonchev–Trinajstić information content (AvgIpc) is 2.45. The van der Waals surface area contributed by atoms with E-state index in [1.54, 1.807) is 0 Å². The number of amides is 1. The third-order valence-electron chi connectivity index (χ3n) is 4.72. The van der Waals surface area contributed by atoms with Gasteiger partial charge in [0.15, 0.2) is 0 Å². The molecule has 0 bridgehead atoms. The van der Waals surface area contributed by atoms with E-state index in [2.05, 4.69) is 24.5 Å². The normalized spacial score (nSPS) is 25.4. The molecular weight excluding hydrogens is 260 g/mol. The number of nitrogens with one attached hydrogen (secondary N) is 2. The highest BCUT2D eigenvalue weighted by atomic mass is 16.1. The van der Waals surface area contributed by atoms with Crippen LogP contribution < -0.4 is 10.6 Å². The molecule has 3 heteroatoms. The van der Waals surface area contributed by atoms with Gasteiger partial charge in [0.25, 0.3) is 5.91 Å². The molecule has 0 heterocycles. The Morgan fingerprint density at radius 1 is 1.24 bits per heavy atom. The first-order chi connectivity index (χ1) is 10.0. The van der Waals surface area contributed by atoms with Gasteiger partial charge < -0.3 is 10.6 Å². The molecule has 3 atom stereocenters. The Balaban J connectivity index is 2.08. The van der Waals surface area contributed by atoms with E-state index in [1.807, 2.05) is 32.0 Å². The number of aryl methyl sites for hydroxylation is 1. The van der Waals surface area contributed by atoms with E-state index in [0.29, 0.717) is 12.0 Å². The number of benzene rings is 1. The number of hydrogen-bond donors (Lipinski definition) is 2. The van der Waals surface area contributed by atoms with Crippen molar-refractivity contribution in [2.75, 3.05) is 11.9 Å². The number of rotatable bonds is 4. The fourth-order valence-corrected chi connectivity index (χ4v) is 3.13. The monoisotopic (exact) mass is 288 g/mol. The van der Waals surface area contributed by atoms with Gasteiger partial charge in [0.1, 0.15) is 0 Å². The van der Waals surface area contributed by atoms with E-state index < -0.39 is 0 Å². The Morgan fingerprint density at radius 3 is 2.67 bits per heavy atom. The van der Waals surface area contributed by atoms with Crippen LogP contribution in [0.3, 0.4) is 0 Å². The summed E-state index contributed by atoms with van der Waals surface area (Å²) in [5, 5.41) is 6.51. The molecule has 1 aromatic carbocycles. The summed E-state index contributed by atoms with van der Waals surface area (Å²) in [6, 6.07) is 6.33. The van der Waals surface area contributed by atoms with Crippen molar-refractivity contribution < 1.29 is 4.79 Å². The molecule has 0 aliphatic heterocycles. The summed E-state index contributed by atoms with van der Waals surface area (Å²) in [5.74, 6) is 1.52. The lowest BCUT2D eigenvalue weighted by molar-refractivity contribution is 0.0911. The van der Waals surface area contributed by atoms with Crippen LogP contribution in [0.4, 0.5) is 5.69 Å². The zero-order valence-electron chi connectivity index (χ0n) is 13.7. The van der Waals surface area contributed by atoms with Crippen LogP contribution in [0.2, 0.25) is 0 Å². The summed E-state index contributed by atoms with van der Waals surface area (Å²) < 4.78 is 0. The molecule has 3 nitrogen and oxygen atoms in total. The molecule has 1 aliphatic carbocycles. The molecule has 2 N–H and O–H groups in total. The average molecular weight is 288 g/mol. The summed E-state index contributed by atoms with van der Waals surface area (Å²) in [5.41, 5.74) is 2.81. The maximum absolute atomic E-state index is 12.6. The van der Waals surface area contributed by atoms with Crippen molar-refractivity contribution in [3.8, 4) is 0 Å². The van der Waals surface area contributed by atoms with Crippen molar-refractivity contribution >= 4 is 11.6 Å². The van der Waals surface area contributed by atoms with Crippen LogP contribution >= 0.6 is 0 Å². The van der Waals surface area contributed by atoms with E-state index in [0.717, 1.165) is 42.1 Å². The Kier molecular flexibility index (Phi) is 5.27. The van der Waals surface area contributed by atoms with Gasteiger partial charge in [-0.25, -0.2) is 0 Å². The molecule has 0 spiro atoms. The third-order valence-corrected chi connectivity index (χ3v) is 4.72. The maximum Gasteiger partial charge on any atom is 0.253 e. The van der Waals surface area contributed by atoms with Crippen LogP contribution in [0.1, 0.15) is 56.0 Å². The molecule has 0 aromatic heterocycles. The van der Waals surface area contributed by atoms with Crippen LogP contribution in [-0.4, -0.2) is 18.5 Å². The lowest BCUT2D eigenvalue weighted by Crippen LogP contribution is -2.40. The smallest absolute Gasteiger partial charge is 0.253 e. The zero-order valence-corrected chi connectivity index (χ0v) is 13.7. The van der Waals surface area contributed by atoms with Crippen molar-refractivity contribution in [1.82, 2.24) is 5.32 Å². The molecule has 1 aliphatic rings. The molecule has 2 rings (SSSR count). The minimum absolute atomic E-state index is 0.0569. The Bertz CT molecular complexity index is 498. The molecule has 3 unspecified atom stereocenters. The van der Waals surface area contributed by atoms with Gasteiger partial charge >= 0.3 is 0 Å². The summed E-state index contributed by atoms with van der Waals surface area (Å²) in [4.78, 5) is 12.6. The van der Waals surface area contributed by atoms with Gasteiger partial charge in [0, 0.05) is 18.3 Å². The van der Waals surface area contributed by atoms with Crippen molar-refractivity contribution in [3.63, 3.8) is 0 Å². The number of anilines is 1. The van der Waals surface area contributed by atoms with E-state index in [1.165, 1.54) is 6.42 Å². The first kappa shape index (κ1) is 15.9. The highest BCUT2D eigenvalue weighted by Gasteiger charge is 2.26. The number of hydrogen-bond acceptors (Lipinski definition) is 2. The summed E-state index contributed by atoms with van der Waals surface area (Å²) in [6.07, 6.45) is 3.40. The molecule has 0 saturated heterocycles. The fraction of sp³-hybridized carbons (Fsp3) is 0.611. The molecular formula is C18H28N2O. The molecule has 1 saturated carbocycles. The Morgan fingerprint density at radius 2 is 2.00 bits per heavy atom. The van der Waals surface area contributed by atoms with Gasteiger partial charge in [-0.15, -0.1) is 0 Å². The molecule has 1 amide bonds. The van der Waals surface area contributed by atoms with Gasteiger partial charge in [-0.2, -0.15) is 0 Å². The summed E-state index contributed by atoms with van der Waals surface area (Å²) in [6.45, 7) is 9.50. The van der Waals surface area contributed by atoms with Gasteiger partial charge in [-0.1, -0.05) is 25.5 Å². The highest BCUT2D eigenvalue weighted by Crippen LogP contribution is 2.29. The van der Waals surface area contributed by atoms with E-state index in [4.69, 9.17) is 0 Å². The molecule has 0 radical (unpaired) electrons. The van der Waals surface area contributed by atoms with Crippen LogP contribution in [0.15, 0.2) is 18.2 Å². The van der Waals surface area contributed by atoms with Gasteiger partial charge in [-0.05, 0) is 57.1 Å². The second kappa shape index (κ2) is 6.97. The molecule has 116 valence electrons. The van der Waals surface area contributed by atoms with E-state index in [-0.39, 0.29) is 5.91 Å². The quantitative estimate of drug-likeness (QED) is 0.880. The third kappa shape index (κ3) is 3.99. The summed E-state index contributed by atoms with van der Waals surface area (Å²) in [7, 11) is 0. The highest BCUT2D eigenvalue weighted by molar-refractivity contribution is 6.00. The van der Waals surface area contributed by atoms with Crippen molar-refractivity contribution in [2.45, 2.75) is 53.0 Å². The predicted octanol–water partition coefficient (Wildman–Crippen LogP) is 3.98. The summed E-state index contributed by atoms with van der Waals surface area (Å²) >= 11 is 0. The first-order valence-corrected chi connectivity index (χ1v) is 8.16. The lowest BCUT2D eigenvalue weighted by atomic mass is 9.79. The standard InChI is InChI=1S/C18H28N2O/c1-5-19-17-9-6-12(2)10-16(17)18(21)20-15-8-7-13(3)14(4)11-15/h6,9-10,13-15,19H,5,7-8,11H2,1-4H3,(H,20,21). The predicted molar refractivity (Wildman–Crippen MR) is 88.8 cm³/mol. The minimum Gasteiger partial charge on any atom is -0.385 e. The SMILES string of the molecule is CCNc1ccc(C)cc1C(=O)NC1CCC(C)C(C)C1. The Labute approximate surface area is 128 Å². The second-order valence-corrected chi connectivity index (χ2v) is 6.52. The maximum atomic E-state index is 12.6. The van der Waals surface area contributed by atoms with Crippen LogP contribution in [0, 0.1) is 18.8 Å². The zero-order chi connectivity index (χ0) is 15.4. The van der Waals surface area contributed by atoms with Gasteiger partial charge in [0.2, 0.25) is 0 Å². The van der Waals surface area contributed by atoms with Crippen LogP contribution in [0.25, 0.3) is 0 Å². The number of carbonyl (C=O) groups excluding carboxylic acids is 1. The van der Waals surface area contributed by atoms with E-state index >= 15 is 0 Å². The van der Waals surface area contributed by atoms with Gasteiger partial charge in [-0.3, -0.25) is 4.79 Å². The van der Waals surface area contributed by atoms with Gasteiger partial charge in [0.05, 0.1) is 5.56 Å².